The van der Waals surface area contributed by atoms with Crippen LogP contribution in [-0.4, -0.2) is 53.9 Å². The molecule has 1 saturated carbocycles. The Morgan fingerprint density at radius 2 is 2.28 bits per heavy atom. The van der Waals surface area contributed by atoms with E-state index in [1.54, 1.807) is 0 Å². The smallest absolute Gasteiger partial charge is 0.191 e. The lowest BCUT2D eigenvalue weighted by molar-refractivity contribution is -0.0379. The van der Waals surface area contributed by atoms with Crippen LogP contribution >= 0.6 is 24.0 Å². The SMILES string of the molecule is CC1CN(C(N)=NCCC2(O)CCC2)CCO1.I. The van der Waals surface area contributed by atoms with E-state index in [-0.39, 0.29) is 30.1 Å². The molecule has 2 aliphatic rings. The summed E-state index contributed by atoms with van der Waals surface area (Å²) in [5, 5.41) is 9.93. The maximum absolute atomic E-state index is 9.93. The number of nitrogens with two attached hydrogens (primary N) is 1. The fraction of sp³-hybridized carbons (Fsp3) is 0.917. The standard InChI is InChI=1S/C12H23N3O2.HI/c1-10-9-15(7-8-17-10)11(13)14-6-5-12(16)3-2-4-12;/h10,16H,2-9H2,1H3,(H2,13,14);1H. The van der Waals surface area contributed by atoms with Crippen molar-refractivity contribution < 1.29 is 9.84 Å². The number of hydrogen-bond donors (Lipinski definition) is 2. The number of nitrogens with zero attached hydrogens (tertiary/aromatic N) is 2. The average molecular weight is 369 g/mol. The first-order chi connectivity index (χ1) is 8.09. The summed E-state index contributed by atoms with van der Waals surface area (Å²) in [5.41, 5.74) is 5.48. The molecule has 1 atom stereocenters. The highest BCUT2D eigenvalue weighted by molar-refractivity contribution is 14.0. The Morgan fingerprint density at radius 1 is 1.56 bits per heavy atom. The number of hydrogen-bond acceptors (Lipinski definition) is 3. The van der Waals surface area contributed by atoms with Crippen molar-refractivity contribution >= 4 is 29.9 Å². The Bertz CT molecular complexity index is 295. The zero-order valence-corrected chi connectivity index (χ0v) is 13.3. The highest BCUT2D eigenvalue weighted by Crippen LogP contribution is 2.34. The Balaban J connectivity index is 0.00000162. The van der Waals surface area contributed by atoms with E-state index in [4.69, 9.17) is 10.5 Å². The molecule has 1 heterocycles. The summed E-state index contributed by atoms with van der Waals surface area (Å²) in [6.45, 7) is 4.98. The van der Waals surface area contributed by atoms with Crippen LogP contribution in [0, 0.1) is 0 Å². The minimum absolute atomic E-state index is 0. The van der Waals surface area contributed by atoms with Crippen molar-refractivity contribution in [1.82, 2.24) is 4.90 Å². The van der Waals surface area contributed by atoms with Gasteiger partial charge in [0.05, 0.1) is 18.3 Å². The molecule has 0 aromatic carbocycles. The number of halogens is 1. The fourth-order valence-corrected chi connectivity index (χ4v) is 2.34. The molecule has 0 amide bonds. The summed E-state index contributed by atoms with van der Waals surface area (Å²) in [4.78, 5) is 6.41. The van der Waals surface area contributed by atoms with Gasteiger partial charge in [0.2, 0.25) is 0 Å². The summed E-state index contributed by atoms with van der Waals surface area (Å²) < 4.78 is 5.45. The van der Waals surface area contributed by atoms with Gasteiger partial charge in [0.1, 0.15) is 0 Å². The molecule has 106 valence electrons. The van der Waals surface area contributed by atoms with Gasteiger partial charge >= 0.3 is 0 Å². The third kappa shape index (κ3) is 4.24. The monoisotopic (exact) mass is 369 g/mol. The second kappa shape index (κ2) is 6.91. The highest BCUT2D eigenvalue weighted by atomic mass is 127. The third-order valence-corrected chi connectivity index (χ3v) is 3.70. The van der Waals surface area contributed by atoms with E-state index in [2.05, 4.69) is 9.89 Å². The van der Waals surface area contributed by atoms with Crippen molar-refractivity contribution in [2.24, 2.45) is 10.7 Å². The molecule has 0 radical (unpaired) electrons. The number of ether oxygens (including phenoxy) is 1. The molecule has 5 nitrogen and oxygen atoms in total. The van der Waals surface area contributed by atoms with Gasteiger partial charge in [-0.05, 0) is 32.6 Å². The molecule has 1 aliphatic heterocycles. The molecule has 0 aromatic rings. The number of aliphatic hydroxyl groups is 1. The van der Waals surface area contributed by atoms with E-state index < -0.39 is 5.60 Å². The second-order valence-corrected chi connectivity index (χ2v) is 5.20. The molecule has 0 aromatic heterocycles. The lowest BCUT2D eigenvalue weighted by atomic mass is 9.78. The van der Waals surface area contributed by atoms with Gasteiger partial charge in [-0.3, -0.25) is 4.99 Å². The van der Waals surface area contributed by atoms with Crippen molar-refractivity contribution in [3.8, 4) is 0 Å². The predicted octanol–water partition coefficient (Wildman–Crippen LogP) is 0.945. The largest absolute Gasteiger partial charge is 0.390 e. The molecule has 2 rings (SSSR count). The number of guanidine groups is 1. The number of rotatable bonds is 3. The topological polar surface area (TPSA) is 71.1 Å². The van der Waals surface area contributed by atoms with Gasteiger partial charge in [-0.25, -0.2) is 0 Å². The molecule has 1 saturated heterocycles. The van der Waals surface area contributed by atoms with Crippen LogP contribution in [-0.2, 0) is 4.74 Å². The Morgan fingerprint density at radius 3 is 2.83 bits per heavy atom. The Hall–Kier alpha value is -0.0800. The molecule has 3 N–H and O–H groups in total. The lowest BCUT2D eigenvalue weighted by Gasteiger charge is -2.36. The number of morpholine rings is 1. The van der Waals surface area contributed by atoms with Gasteiger partial charge in [-0.1, -0.05) is 0 Å². The van der Waals surface area contributed by atoms with Crippen LogP contribution in [0.3, 0.4) is 0 Å². The summed E-state index contributed by atoms with van der Waals surface area (Å²) in [7, 11) is 0. The zero-order valence-electron chi connectivity index (χ0n) is 11.0. The van der Waals surface area contributed by atoms with E-state index >= 15 is 0 Å². The van der Waals surface area contributed by atoms with Crippen LogP contribution in [0.5, 0.6) is 0 Å². The van der Waals surface area contributed by atoms with Gasteiger partial charge in [-0.2, -0.15) is 0 Å². The van der Waals surface area contributed by atoms with Crippen LogP contribution in [0.2, 0.25) is 0 Å². The lowest BCUT2D eigenvalue weighted by Crippen LogP contribution is -2.48. The summed E-state index contributed by atoms with van der Waals surface area (Å²) in [6.07, 6.45) is 3.91. The minimum atomic E-state index is -0.456. The van der Waals surface area contributed by atoms with Gasteiger partial charge in [0, 0.05) is 19.6 Å². The zero-order chi connectivity index (χ0) is 12.3. The van der Waals surface area contributed by atoms with E-state index in [0.717, 1.165) is 38.8 Å². The molecule has 0 bridgehead atoms. The van der Waals surface area contributed by atoms with Crippen LogP contribution in [0.4, 0.5) is 0 Å². The molecule has 6 heteroatoms. The van der Waals surface area contributed by atoms with E-state index in [1.807, 2.05) is 6.92 Å². The summed E-state index contributed by atoms with van der Waals surface area (Å²) in [6, 6.07) is 0. The molecule has 1 aliphatic carbocycles. The van der Waals surface area contributed by atoms with E-state index in [0.29, 0.717) is 19.1 Å². The fourth-order valence-electron chi connectivity index (χ4n) is 2.34. The third-order valence-electron chi connectivity index (χ3n) is 3.70. The highest BCUT2D eigenvalue weighted by Gasteiger charge is 2.33. The van der Waals surface area contributed by atoms with Crippen molar-refractivity contribution in [2.45, 2.75) is 44.3 Å². The normalized spacial score (nSPS) is 27.3. The number of aliphatic imine (C=N–C) groups is 1. The molecule has 18 heavy (non-hydrogen) atoms. The van der Waals surface area contributed by atoms with Gasteiger partial charge in [0.15, 0.2) is 5.96 Å². The Kier molecular flexibility index (Phi) is 6.13. The van der Waals surface area contributed by atoms with Crippen molar-refractivity contribution in [2.75, 3.05) is 26.2 Å². The molecular formula is C12H24IN3O2. The van der Waals surface area contributed by atoms with Gasteiger partial charge in [0.25, 0.3) is 0 Å². The van der Waals surface area contributed by atoms with Crippen LogP contribution < -0.4 is 5.73 Å². The van der Waals surface area contributed by atoms with E-state index in [1.165, 1.54) is 0 Å². The maximum Gasteiger partial charge on any atom is 0.191 e. The van der Waals surface area contributed by atoms with Crippen molar-refractivity contribution in [1.29, 1.82) is 0 Å². The van der Waals surface area contributed by atoms with Crippen LogP contribution in [0.25, 0.3) is 0 Å². The first-order valence-electron chi connectivity index (χ1n) is 6.48. The minimum Gasteiger partial charge on any atom is -0.390 e. The molecular weight excluding hydrogens is 345 g/mol. The van der Waals surface area contributed by atoms with Gasteiger partial charge < -0.3 is 20.5 Å². The van der Waals surface area contributed by atoms with E-state index in [9.17, 15) is 5.11 Å². The molecule has 0 spiro atoms. The summed E-state index contributed by atoms with van der Waals surface area (Å²) in [5.74, 6) is 0.586. The van der Waals surface area contributed by atoms with Crippen LogP contribution in [0.1, 0.15) is 32.6 Å². The van der Waals surface area contributed by atoms with Crippen molar-refractivity contribution in [3.63, 3.8) is 0 Å². The van der Waals surface area contributed by atoms with Crippen molar-refractivity contribution in [3.05, 3.63) is 0 Å². The quantitative estimate of drug-likeness (QED) is 0.442. The van der Waals surface area contributed by atoms with Gasteiger partial charge in [-0.15, -0.1) is 24.0 Å². The average Bonchev–Trinajstić information content (AvgIpc) is 2.26. The summed E-state index contributed by atoms with van der Waals surface area (Å²) >= 11 is 0. The maximum atomic E-state index is 9.93. The predicted molar refractivity (Wildman–Crippen MR) is 82.3 cm³/mol. The van der Waals surface area contributed by atoms with Crippen LogP contribution in [0.15, 0.2) is 4.99 Å². The second-order valence-electron chi connectivity index (χ2n) is 5.20. The molecule has 2 fully saturated rings. The first-order valence-corrected chi connectivity index (χ1v) is 6.48. The first kappa shape index (κ1) is 16.0. The molecule has 1 unspecified atom stereocenters. The Labute approximate surface area is 126 Å².